The number of ether oxygens (including phenoxy) is 1. The monoisotopic (exact) mass is 283 g/mol. The van der Waals surface area contributed by atoms with E-state index in [9.17, 15) is 18.4 Å². The SMILES string of the molecule is CCOC(=O)C1CCCN1C(=O)c1cc(F)ccc1F. The van der Waals surface area contributed by atoms with Crippen molar-refractivity contribution in [2.45, 2.75) is 25.8 Å². The highest BCUT2D eigenvalue weighted by atomic mass is 19.1. The van der Waals surface area contributed by atoms with Crippen LogP contribution in [0.15, 0.2) is 18.2 Å². The molecule has 0 saturated carbocycles. The second-order valence-electron chi connectivity index (χ2n) is 4.53. The molecule has 1 aliphatic rings. The Morgan fingerprint density at radius 1 is 1.40 bits per heavy atom. The van der Waals surface area contributed by atoms with E-state index in [1.807, 2.05) is 0 Å². The molecule has 2 rings (SSSR count). The van der Waals surface area contributed by atoms with Gasteiger partial charge in [-0.2, -0.15) is 0 Å². The first kappa shape index (κ1) is 14.4. The second kappa shape index (κ2) is 5.98. The summed E-state index contributed by atoms with van der Waals surface area (Å²) in [6.07, 6.45) is 1.10. The van der Waals surface area contributed by atoms with Gasteiger partial charge in [-0.3, -0.25) is 4.79 Å². The highest BCUT2D eigenvalue weighted by Gasteiger charge is 2.36. The van der Waals surface area contributed by atoms with Crippen molar-refractivity contribution in [3.05, 3.63) is 35.4 Å². The summed E-state index contributed by atoms with van der Waals surface area (Å²) in [6, 6.07) is 1.97. The maximum Gasteiger partial charge on any atom is 0.328 e. The quantitative estimate of drug-likeness (QED) is 0.798. The number of likely N-dealkylation sites (tertiary alicyclic amines) is 1. The predicted octanol–water partition coefficient (Wildman–Crippen LogP) is 2.13. The minimum absolute atomic E-state index is 0.214. The zero-order valence-electron chi connectivity index (χ0n) is 11.1. The summed E-state index contributed by atoms with van der Waals surface area (Å²) in [6.45, 7) is 2.22. The average Bonchev–Trinajstić information content (AvgIpc) is 2.90. The van der Waals surface area contributed by atoms with Crippen LogP contribution in [0.5, 0.6) is 0 Å². The number of nitrogens with zero attached hydrogens (tertiary/aromatic N) is 1. The highest BCUT2D eigenvalue weighted by Crippen LogP contribution is 2.22. The first-order valence-corrected chi connectivity index (χ1v) is 6.47. The molecule has 20 heavy (non-hydrogen) atoms. The van der Waals surface area contributed by atoms with Crippen molar-refractivity contribution in [1.29, 1.82) is 0 Å². The van der Waals surface area contributed by atoms with E-state index in [0.717, 1.165) is 18.2 Å². The largest absolute Gasteiger partial charge is 0.464 e. The van der Waals surface area contributed by atoms with E-state index in [2.05, 4.69) is 0 Å². The number of carbonyl (C=O) groups excluding carboxylic acids is 2. The Kier molecular flexibility index (Phi) is 4.32. The average molecular weight is 283 g/mol. The van der Waals surface area contributed by atoms with Crippen LogP contribution in [0.3, 0.4) is 0 Å². The van der Waals surface area contributed by atoms with Gasteiger partial charge >= 0.3 is 5.97 Å². The van der Waals surface area contributed by atoms with Gasteiger partial charge in [0.15, 0.2) is 0 Å². The maximum absolute atomic E-state index is 13.6. The van der Waals surface area contributed by atoms with Crippen molar-refractivity contribution in [2.24, 2.45) is 0 Å². The summed E-state index contributed by atoms with van der Waals surface area (Å²) >= 11 is 0. The van der Waals surface area contributed by atoms with Crippen LogP contribution < -0.4 is 0 Å². The topological polar surface area (TPSA) is 46.6 Å². The normalized spacial score (nSPS) is 18.1. The first-order chi connectivity index (χ1) is 9.54. The van der Waals surface area contributed by atoms with Gasteiger partial charge in [-0.05, 0) is 38.0 Å². The number of rotatable bonds is 3. The number of halogens is 2. The molecule has 0 radical (unpaired) electrons. The van der Waals surface area contributed by atoms with Crippen molar-refractivity contribution in [3.63, 3.8) is 0 Å². The van der Waals surface area contributed by atoms with E-state index in [0.29, 0.717) is 19.4 Å². The van der Waals surface area contributed by atoms with Gasteiger partial charge < -0.3 is 9.64 Å². The molecule has 0 aliphatic carbocycles. The fraction of sp³-hybridized carbons (Fsp3) is 0.429. The summed E-state index contributed by atoms with van der Waals surface area (Å²) in [7, 11) is 0. The molecular formula is C14H15F2NO3. The Labute approximate surface area is 115 Å². The molecule has 1 saturated heterocycles. The molecule has 108 valence electrons. The Morgan fingerprint density at radius 2 is 2.15 bits per heavy atom. The number of hydrogen-bond donors (Lipinski definition) is 0. The van der Waals surface area contributed by atoms with Crippen molar-refractivity contribution >= 4 is 11.9 Å². The van der Waals surface area contributed by atoms with Gasteiger partial charge in [-0.15, -0.1) is 0 Å². The van der Waals surface area contributed by atoms with Gasteiger partial charge in [0.1, 0.15) is 17.7 Å². The molecule has 0 bridgehead atoms. The van der Waals surface area contributed by atoms with Crippen LogP contribution in [0.1, 0.15) is 30.1 Å². The van der Waals surface area contributed by atoms with Crippen molar-refractivity contribution < 1.29 is 23.1 Å². The fourth-order valence-electron chi connectivity index (χ4n) is 2.31. The van der Waals surface area contributed by atoms with Gasteiger partial charge in [0.05, 0.1) is 12.2 Å². The van der Waals surface area contributed by atoms with Crippen LogP contribution in [-0.4, -0.2) is 36.0 Å². The van der Waals surface area contributed by atoms with Gasteiger partial charge in [0, 0.05) is 6.54 Å². The van der Waals surface area contributed by atoms with Crippen molar-refractivity contribution in [3.8, 4) is 0 Å². The Balaban J connectivity index is 2.23. The minimum Gasteiger partial charge on any atom is -0.464 e. The fourth-order valence-corrected chi connectivity index (χ4v) is 2.31. The maximum atomic E-state index is 13.6. The van der Waals surface area contributed by atoms with Crippen molar-refractivity contribution in [1.82, 2.24) is 4.90 Å². The molecule has 0 N–H and O–H groups in total. The summed E-state index contributed by atoms with van der Waals surface area (Å²) in [4.78, 5) is 25.3. The number of esters is 1. The number of hydrogen-bond acceptors (Lipinski definition) is 3. The third-order valence-corrected chi connectivity index (χ3v) is 3.23. The molecule has 0 aromatic heterocycles. The molecular weight excluding hydrogens is 268 g/mol. The molecule has 1 aliphatic heterocycles. The van der Waals surface area contributed by atoms with Gasteiger partial charge in [-0.1, -0.05) is 0 Å². The van der Waals surface area contributed by atoms with Gasteiger partial charge in [-0.25, -0.2) is 13.6 Å². The van der Waals surface area contributed by atoms with E-state index in [1.165, 1.54) is 4.90 Å². The highest BCUT2D eigenvalue weighted by molar-refractivity contribution is 5.97. The number of benzene rings is 1. The predicted molar refractivity (Wildman–Crippen MR) is 67.0 cm³/mol. The zero-order chi connectivity index (χ0) is 14.7. The standard InChI is InChI=1S/C14H15F2NO3/c1-2-20-14(19)12-4-3-7-17(12)13(18)10-8-9(15)5-6-11(10)16/h5-6,8,12H,2-4,7H2,1H3. The number of amides is 1. The summed E-state index contributed by atoms with van der Waals surface area (Å²) in [5, 5.41) is 0. The van der Waals surface area contributed by atoms with Crippen LogP contribution in [0.25, 0.3) is 0 Å². The van der Waals surface area contributed by atoms with Crippen LogP contribution in [0.2, 0.25) is 0 Å². The second-order valence-corrected chi connectivity index (χ2v) is 4.53. The molecule has 1 amide bonds. The molecule has 1 unspecified atom stereocenters. The van der Waals surface area contributed by atoms with E-state index in [-0.39, 0.29) is 12.2 Å². The molecule has 1 heterocycles. The van der Waals surface area contributed by atoms with E-state index in [1.54, 1.807) is 6.92 Å². The lowest BCUT2D eigenvalue weighted by Gasteiger charge is -2.23. The summed E-state index contributed by atoms with van der Waals surface area (Å²) in [5.41, 5.74) is -0.360. The zero-order valence-corrected chi connectivity index (χ0v) is 11.1. The van der Waals surface area contributed by atoms with Crippen molar-refractivity contribution in [2.75, 3.05) is 13.2 Å². The van der Waals surface area contributed by atoms with E-state index >= 15 is 0 Å². The minimum atomic E-state index is -0.800. The molecule has 1 atom stereocenters. The summed E-state index contributed by atoms with van der Waals surface area (Å²) in [5.74, 6) is -2.68. The molecule has 0 spiro atoms. The van der Waals surface area contributed by atoms with E-state index in [4.69, 9.17) is 4.74 Å². The Hall–Kier alpha value is -1.98. The van der Waals surface area contributed by atoms with Crippen LogP contribution >= 0.6 is 0 Å². The lowest BCUT2D eigenvalue weighted by Crippen LogP contribution is -2.41. The molecule has 1 aromatic rings. The van der Waals surface area contributed by atoms with Gasteiger partial charge in [0.2, 0.25) is 0 Å². The first-order valence-electron chi connectivity index (χ1n) is 6.47. The third kappa shape index (κ3) is 2.79. The van der Waals surface area contributed by atoms with Gasteiger partial charge in [0.25, 0.3) is 5.91 Å². The van der Waals surface area contributed by atoms with Crippen LogP contribution in [-0.2, 0) is 9.53 Å². The van der Waals surface area contributed by atoms with Crippen LogP contribution in [0, 0.1) is 11.6 Å². The molecule has 1 aromatic carbocycles. The lowest BCUT2D eigenvalue weighted by atomic mass is 10.1. The Bertz CT molecular complexity index is 533. The molecule has 6 heteroatoms. The third-order valence-electron chi connectivity index (χ3n) is 3.23. The lowest BCUT2D eigenvalue weighted by molar-refractivity contribution is -0.147. The van der Waals surface area contributed by atoms with E-state index < -0.39 is 29.6 Å². The number of carbonyl (C=O) groups is 2. The van der Waals surface area contributed by atoms with Crippen LogP contribution in [0.4, 0.5) is 8.78 Å². The summed E-state index contributed by atoms with van der Waals surface area (Å²) < 4.78 is 31.7. The molecule has 1 fully saturated rings. The Morgan fingerprint density at radius 3 is 2.85 bits per heavy atom. The smallest absolute Gasteiger partial charge is 0.328 e. The molecule has 4 nitrogen and oxygen atoms in total.